The highest BCUT2D eigenvalue weighted by molar-refractivity contribution is 7.14. The summed E-state index contributed by atoms with van der Waals surface area (Å²) in [5.74, 6) is -1.37. The number of carboxylic acid groups (broad SMARTS) is 1. The number of amides is 1. The van der Waals surface area contributed by atoms with Gasteiger partial charge in [0.2, 0.25) is 5.91 Å². The highest BCUT2D eigenvalue weighted by Gasteiger charge is 2.30. The van der Waals surface area contributed by atoms with Crippen LogP contribution < -0.4 is 10.6 Å². The molecule has 1 saturated carbocycles. The number of hydroxylamine groups is 2. The minimum absolute atomic E-state index is 0.0549. The average molecular weight is 569 g/mol. The molecule has 0 radical (unpaired) electrons. The van der Waals surface area contributed by atoms with E-state index in [4.69, 9.17) is 21.5 Å². The van der Waals surface area contributed by atoms with Gasteiger partial charge in [0.25, 0.3) is 0 Å². The van der Waals surface area contributed by atoms with Crippen molar-refractivity contribution in [2.24, 2.45) is 5.92 Å². The Kier molecular flexibility index (Phi) is 8.44. The van der Waals surface area contributed by atoms with Gasteiger partial charge in [-0.25, -0.2) is 4.98 Å². The maximum Gasteiger partial charge on any atom is 0.325 e. The molecule has 0 atom stereocenters. The van der Waals surface area contributed by atoms with Crippen LogP contribution in [0.4, 0.5) is 10.8 Å². The number of hydrogen-bond donors (Lipinski definition) is 3. The number of aliphatic carboxylic acids is 1. The number of anilines is 2. The van der Waals surface area contributed by atoms with Crippen molar-refractivity contribution in [2.75, 3.05) is 23.7 Å². The van der Waals surface area contributed by atoms with Crippen LogP contribution in [-0.2, 0) is 38.6 Å². The molecule has 1 aliphatic carbocycles. The molecule has 0 saturated heterocycles. The first-order valence-corrected chi connectivity index (χ1v) is 14.2. The summed E-state index contributed by atoms with van der Waals surface area (Å²) in [6, 6.07) is 12.0. The van der Waals surface area contributed by atoms with Crippen molar-refractivity contribution in [1.29, 1.82) is 0 Å². The van der Waals surface area contributed by atoms with E-state index in [1.54, 1.807) is 5.06 Å². The van der Waals surface area contributed by atoms with Gasteiger partial charge >= 0.3 is 11.9 Å². The van der Waals surface area contributed by atoms with Crippen molar-refractivity contribution in [2.45, 2.75) is 45.1 Å². The smallest absolute Gasteiger partial charge is 0.325 e. The Morgan fingerprint density at radius 2 is 1.85 bits per heavy atom. The second kappa shape index (κ2) is 12.1. The van der Waals surface area contributed by atoms with Crippen LogP contribution in [0.2, 0.25) is 5.02 Å². The van der Waals surface area contributed by atoms with Crippen LogP contribution in [0.15, 0.2) is 41.8 Å². The molecule has 3 aromatic rings. The van der Waals surface area contributed by atoms with E-state index >= 15 is 0 Å². The minimum atomic E-state index is -1.03. The second-order valence-corrected chi connectivity index (χ2v) is 11.0. The third kappa shape index (κ3) is 7.14. The van der Waals surface area contributed by atoms with Gasteiger partial charge in [-0.1, -0.05) is 41.9 Å². The van der Waals surface area contributed by atoms with Gasteiger partial charge in [-0.05, 0) is 48.4 Å². The van der Waals surface area contributed by atoms with Gasteiger partial charge in [-0.3, -0.25) is 14.4 Å². The molecule has 11 heteroatoms. The lowest BCUT2D eigenvalue weighted by Gasteiger charge is -2.18. The Labute approximate surface area is 235 Å². The average Bonchev–Trinajstić information content (AvgIpc) is 3.71. The summed E-state index contributed by atoms with van der Waals surface area (Å²) in [7, 11) is 0. The first-order chi connectivity index (χ1) is 18.9. The topological polar surface area (TPSA) is 121 Å². The quantitative estimate of drug-likeness (QED) is 0.307. The summed E-state index contributed by atoms with van der Waals surface area (Å²) in [4.78, 5) is 44.6. The van der Waals surface area contributed by atoms with Gasteiger partial charge in [0, 0.05) is 36.5 Å². The number of aromatic nitrogens is 1. The van der Waals surface area contributed by atoms with Gasteiger partial charge < -0.3 is 20.6 Å². The molecular formula is C28H29ClN4O5S. The first kappa shape index (κ1) is 27.1. The summed E-state index contributed by atoms with van der Waals surface area (Å²) in [5.41, 5.74) is 5.98. The SMILES string of the molecule is O=C(O)CCC(=O)ON1CCc2ccc(Cl)c(NCc3ccc(-c4csc(NC(=O)C5CC5)n4)cc3)c2CC1. The van der Waals surface area contributed by atoms with E-state index in [9.17, 15) is 14.4 Å². The van der Waals surface area contributed by atoms with E-state index in [1.807, 2.05) is 41.8 Å². The monoisotopic (exact) mass is 568 g/mol. The van der Waals surface area contributed by atoms with Gasteiger partial charge in [0.1, 0.15) is 0 Å². The molecule has 1 amide bonds. The Hall–Kier alpha value is -3.47. The highest BCUT2D eigenvalue weighted by Crippen LogP contribution is 2.33. The van der Waals surface area contributed by atoms with Crippen molar-refractivity contribution in [3.05, 3.63) is 63.5 Å². The molecule has 39 heavy (non-hydrogen) atoms. The number of hydrogen-bond acceptors (Lipinski definition) is 8. The van der Waals surface area contributed by atoms with E-state index in [2.05, 4.69) is 15.6 Å². The molecule has 2 aliphatic rings. The van der Waals surface area contributed by atoms with Crippen molar-refractivity contribution in [3.8, 4) is 11.3 Å². The number of nitrogens with one attached hydrogen (secondary N) is 2. The van der Waals surface area contributed by atoms with Crippen LogP contribution in [0.3, 0.4) is 0 Å². The van der Waals surface area contributed by atoms with Crippen LogP contribution in [0.25, 0.3) is 11.3 Å². The molecule has 204 valence electrons. The maximum atomic E-state index is 12.0. The molecule has 0 bridgehead atoms. The van der Waals surface area contributed by atoms with Crippen molar-refractivity contribution in [1.82, 2.24) is 10.0 Å². The molecule has 2 aromatic carbocycles. The molecule has 5 rings (SSSR count). The van der Waals surface area contributed by atoms with Crippen LogP contribution >= 0.6 is 22.9 Å². The van der Waals surface area contributed by atoms with E-state index in [1.165, 1.54) is 11.3 Å². The fourth-order valence-electron chi connectivity index (χ4n) is 4.46. The van der Waals surface area contributed by atoms with Gasteiger partial charge in [-0.15, -0.1) is 16.4 Å². The second-order valence-electron chi connectivity index (χ2n) is 9.70. The summed E-state index contributed by atoms with van der Waals surface area (Å²) in [5, 5.41) is 20.0. The van der Waals surface area contributed by atoms with Gasteiger partial charge in [0.15, 0.2) is 5.13 Å². The van der Waals surface area contributed by atoms with Crippen molar-refractivity contribution < 1.29 is 24.3 Å². The lowest BCUT2D eigenvalue weighted by molar-refractivity contribution is -0.190. The molecule has 1 fully saturated rings. The summed E-state index contributed by atoms with van der Waals surface area (Å²) >= 11 is 8.01. The van der Waals surface area contributed by atoms with Crippen LogP contribution in [0.1, 0.15) is 42.4 Å². The molecular weight excluding hydrogens is 540 g/mol. The zero-order valence-corrected chi connectivity index (χ0v) is 22.8. The number of fused-ring (bicyclic) bond motifs is 1. The van der Waals surface area contributed by atoms with Crippen LogP contribution in [0, 0.1) is 5.92 Å². The molecule has 1 aromatic heterocycles. The third-order valence-corrected chi connectivity index (χ3v) is 7.85. The molecule has 1 aliphatic heterocycles. The lowest BCUT2D eigenvalue weighted by atomic mass is 10.0. The van der Waals surface area contributed by atoms with E-state index in [-0.39, 0.29) is 24.7 Å². The summed E-state index contributed by atoms with van der Waals surface area (Å²) in [6.07, 6.45) is 2.82. The summed E-state index contributed by atoms with van der Waals surface area (Å²) < 4.78 is 0. The number of thiazole rings is 1. The molecule has 0 spiro atoms. The summed E-state index contributed by atoms with van der Waals surface area (Å²) in [6.45, 7) is 1.59. The zero-order valence-electron chi connectivity index (χ0n) is 21.2. The normalized spacial score (nSPS) is 15.2. The fraction of sp³-hybridized carbons (Fsp3) is 0.357. The predicted octanol–water partition coefficient (Wildman–Crippen LogP) is 5.15. The molecule has 9 nitrogen and oxygen atoms in total. The number of carbonyl (C=O) groups is 3. The Morgan fingerprint density at radius 3 is 2.59 bits per heavy atom. The minimum Gasteiger partial charge on any atom is -0.481 e. The van der Waals surface area contributed by atoms with E-state index in [0.717, 1.165) is 46.5 Å². The molecule has 0 unspecified atom stereocenters. The van der Waals surface area contributed by atoms with E-state index < -0.39 is 11.9 Å². The highest BCUT2D eigenvalue weighted by atomic mass is 35.5. The van der Waals surface area contributed by atoms with Crippen LogP contribution in [-0.4, -0.2) is 46.1 Å². The van der Waals surface area contributed by atoms with Gasteiger partial charge in [0.05, 0.1) is 29.2 Å². The Morgan fingerprint density at radius 1 is 1.08 bits per heavy atom. The van der Waals surface area contributed by atoms with E-state index in [0.29, 0.717) is 42.6 Å². The number of carbonyl (C=O) groups excluding carboxylic acids is 2. The fourth-order valence-corrected chi connectivity index (χ4v) is 5.42. The van der Waals surface area contributed by atoms with Crippen LogP contribution in [0.5, 0.6) is 0 Å². The Bertz CT molecular complexity index is 1370. The maximum absolute atomic E-state index is 12.0. The zero-order chi connectivity index (χ0) is 27.4. The predicted molar refractivity (Wildman–Crippen MR) is 150 cm³/mol. The largest absolute Gasteiger partial charge is 0.481 e. The van der Waals surface area contributed by atoms with Crippen molar-refractivity contribution >= 4 is 51.6 Å². The standard InChI is InChI=1S/C28H29ClN4O5S/c29-22-8-7-18-11-13-33(38-25(36)10-9-24(34)35)14-12-21(18)26(22)30-15-17-1-3-19(4-2-17)23-16-39-28(31-23)32-27(37)20-5-6-20/h1-4,7-8,16,20,30H,5-6,9-15H2,(H,34,35)(H,31,32,37). The number of carboxylic acids is 1. The number of halogens is 1. The molecule has 3 N–H and O–H groups in total. The number of benzene rings is 2. The first-order valence-electron chi connectivity index (χ1n) is 12.9. The van der Waals surface area contributed by atoms with Crippen molar-refractivity contribution in [3.63, 3.8) is 0 Å². The lowest BCUT2D eigenvalue weighted by Crippen LogP contribution is -2.30. The third-order valence-electron chi connectivity index (χ3n) is 6.78. The van der Waals surface area contributed by atoms with Gasteiger partial charge in [-0.2, -0.15) is 0 Å². The number of rotatable bonds is 10. The number of nitrogens with zero attached hydrogens (tertiary/aromatic N) is 2. The Balaban J connectivity index is 1.19. The molecule has 2 heterocycles.